The molecule has 0 spiro atoms. The molecule has 4 aliphatic rings. The lowest BCUT2D eigenvalue weighted by atomic mass is 9.89. The summed E-state index contributed by atoms with van der Waals surface area (Å²) in [6.45, 7) is 0.428. The molecule has 3 saturated heterocycles. The minimum Gasteiger partial charge on any atom is -0.467 e. The number of nitrogens with one attached hydrogen (secondary N) is 1. The van der Waals surface area contributed by atoms with E-state index in [-0.39, 0.29) is 29.9 Å². The number of esters is 1. The number of carbonyl (C=O) groups excluding carboxylic acids is 2. The SMILES string of the molecule is COC(=O)[C@@H]1CCCN1C(=O)CNc1nc2ccccc2n(C2C[C@H]3CC[C@@H](C2)N3C2CCCCCCC2)c1=O. The van der Waals surface area contributed by atoms with Crippen LogP contribution in [0.15, 0.2) is 29.1 Å². The number of ether oxygens (including phenoxy) is 1. The number of benzene rings is 1. The lowest BCUT2D eigenvalue weighted by molar-refractivity contribution is -0.150. The molecular formula is C31H43N5O4. The zero-order valence-electron chi connectivity index (χ0n) is 23.7. The lowest BCUT2D eigenvalue weighted by Crippen LogP contribution is -2.50. The van der Waals surface area contributed by atoms with E-state index < -0.39 is 12.0 Å². The summed E-state index contributed by atoms with van der Waals surface area (Å²) in [4.78, 5) is 48.2. The van der Waals surface area contributed by atoms with Gasteiger partial charge in [-0.3, -0.25) is 14.5 Å². The fourth-order valence-corrected chi connectivity index (χ4v) is 8.06. The number of amides is 1. The molecule has 4 fully saturated rings. The molecule has 2 aromatic rings. The maximum absolute atomic E-state index is 14.0. The largest absolute Gasteiger partial charge is 0.467 e. The Morgan fingerprint density at radius 3 is 2.33 bits per heavy atom. The van der Waals surface area contributed by atoms with Gasteiger partial charge in [-0.2, -0.15) is 0 Å². The molecular weight excluding hydrogens is 506 g/mol. The summed E-state index contributed by atoms with van der Waals surface area (Å²) in [5.74, 6) is -0.410. The van der Waals surface area contributed by atoms with Gasteiger partial charge in [0.1, 0.15) is 6.04 Å². The van der Waals surface area contributed by atoms with Crippen LogP contribution in [-0.4, -0.2) is 75.6 Å². The quantitative estimate of drug-likeness (QED) is 0.538. The van der Waals surface area contributed by atoms with Gasteiger partial charge >= 0.3 is 5.97 Å². The first-order chi connectivity index (χ1) is 19.5. The van der Waals surface area contributed by atoms with Gasteiger partial charge in [0.05, 0.1) is 24.7 Å². The highest BCUT2D eigenvalue weighted by Gasteiger charge is 2.44. The van der Waals surface area contributed by atoms with Crippen molar-refractivity contribution >= 4 is 28.7 Å². The summed E-state index contributed by atoms with van der Waals surface area (Å²) in [5, 5.41) is 3.05. The Kier molecular flexibility index (Phi) is 8.10. The Bertz CT molecular complexity index is 1270. The second-order valence-electron chi connectivity index (χ2n) is 12.2. The summed E-state index contributed by atoms with van der Waals surface area (Å²) < 4.78 is 6.85. The molecule has 6 rings (SSSR count). The average molecular weight is 550 g/mol. The Morgan fingerprint density at radius 2 is 1.60 bits per heavy atom. The van der Waals surface area contributed by atoms with Crippen LogP contribution >= 0.6 is 0 Å². The number of rotatable bonds is 6. The highest BCUT2D eigenvalue weighted by Crippen LogP contribution is 2.44. The molecule has 40 heavy (non-hydrogen) atoms. The summed E-state index contributed by atoms with van der Waals surface area (Å²) in [6, 6.07) is 9.12. The second kappa shape index (κ2) is 11.9. The Morgan fingerprint density at radius 1 is 0.900 bits per heavy atom. The van der Waals surface area contributed by atoms with Crippen molar-refractivity contribution in [3.63, 3.8) is 0 Å². The van der Waals surface area contributed by atoms with Crippen molar-refractivity contribution in [2.24, 2.45) is 0 Å². The highest BCUT2D eigenvalue weighted by molar-refractivity contribution is 5.87. The van der Waals surface area contributed by atoms with Crippen molar-refractivity contribution in [3.05, 3.63) is 34.6 Å². The van der Waals surface area contributed by atoms with E-state index in [0.29, 0.717) is 31.1 Å². The number of hydrogen-bond donors (Lipinski definition) is 1. The van der Waals surface area contributed by atoms with Crippen molar-refractivity contribution in [1.29, 1.82) is 0 Å². The minimum atomic E-state index is -0.556. The summed E-state index contributed by atoms with van der Waals surface area (Å²) in [5.41, 5.74) is 1.44. The van der Waals surface area contributed by atoms with Crippen LogP contribution in [0, 0.1) is 0 Å². The van der Waals surface area contributed by atoms with E-state index in [4.69, 9.17) is 4.74 Å². The number of aromatic nitrogens is 2. The smallest absolute Gasteiger partial charge is 0.328 e. The number of hydrogen-bond acceptors (Lipinski definition) is 7. The molecule has 9 nitrogen and oxygen atoms in total. The first-order valence-electron chi connectivity index (χ1n) is 15.4. The van der Waals surface area contributed by atoms with Gasteiger partial charge in [-0.1, -0.05) is 44.2 Å². The van der Waals surface area contributed by atoms with E-state index in [9.17, 15) is 14.4 Å². The third kappa shape index (κ3) is 5.24. The molecule has 4 atom stereocenters. The normalized spacial score (nSPS) is 27.9. The molecule has 1 saturated carbocycles. The van der Waals surface area contributed by atoms with Crippen LogP contribution in [0.25, 0.3) is 11.0 Å². The van der Waals surface area contributed by atoms with Crippen LogP contribution < -0.4 is 10.9 Å². The molecule has 1 amide bonds. The van der Waals surface area contributed by atoms with E-state index in [1.807, 2.05) is 28.8 Å². The zero-order chi connectivity index (χ0) is 27.6. The minimum absolute atomic E-state index is 0.0839. The van der Waals surface area contributed by atoms with Gasteiger partial charge in [-0.15, -0.1) is 0 Å². The van der Waals surface area contributed by atoms with Crippen LogP contribution in [0.2, 0.25) is 0 Å². The van der Waals surface area contributed by atoms with Crippen molar-refractivity contribution < 1.29 is 14.3 Å². The first-order valence-corrected chi connectivity index (χ1v) is 15.4. The fraction of sp³-hybridized carbons (Fsp3) is 0.677. The Hall–Kier alpha value is -2.94. The van der Waals surface area contributed by atoms with Crippen LogP contribution in [0.1, 0.15) is 89.5 Å². The van der Waals surface area contributed by atoms with Gasteiger partial charge < -0.3 is 19.5 Å². The lowest BCUT2D eigenvalue weighted by Gasteiger charge is -2.45. The van der Waals surface area contributed by atoms with Gasteiger partial charge in [0.15, 0.2) is 5.82 Å². The summed E-state index contributed by atoms with van der Waals surface area (Å²) >= 11 is 0. The highest BCUT2D eigenvalue weighted by atomic mass is 16.5. The number of carbonyl (C=O) groups is 2. The first kappa shape index (κ1) is 27.2. The summed E-state index contributed by atoms with van der Waals surface area (Å²) in [7, 11) is 1.34. The van der Waals surface area contributed by atoms with Crippen LogP contribution in [0.3, 0.4) is 0 Å². The number of likely N-dealkylation sites (tertiary alicyclic amines) is 1. The summed E-state index contributed by atoms with van der Waals surface area (Å²) in [6.07, 6.45) is 15.1. The standard InChI is InChI=1S/C31H43N5O4/c1-40-31(39)27-14-9-17-34(27)28(37)20-32-29-30(38)36(26-13-8-7-12-25(26)33-29)24-18-22-15-16-23(19-24)35(22)21-10-5-3-2-4-6-11-21/h7-8,12-13,21-24,27H,2-6,9-11,14-20H2,1H3,(H,32,33)/t22-,23+,24?,27-/m0/s1. The molecule has 9 heteroatoms. The number of para-hydroxylation sites is 2. The van der Waals surface area contributed by atoms with Crippen molar-refractivity contribution in [3.8, 4) is 0 Å². The maximum Gasteiger partial charge on any atom is 0.328 e. The molecule has 1 aromatic heterocycles. The van der Waals surface area contributed by atoms with Crippen LogP contribution in [-0.2, 0) is 14.3 Å². The number of fused-ring (bicyclic) bond motifs is 3. The topological polar surface area (TPSA) is 96.8 Å². The fourth-order valence-electron chi connectivity index (χ4n) is 8.06. The number of piperidine rings is 1. The zero-order valence-corrected chi connectivity index (χ0v) is 23.7. The molecule has 216 valence electrons. The van der Waals surface area contributed by atoms with Gasteiger partial charge in [-0.05, 0) is 63.5 Å². The molecule has 3 aliphatic heterocycles. The van der Waals surface area contributed by atoms with E-state index in [0.717, 1.165) is 30.3 Å². The van der Waals surface area contributed by atoms with Crippen molar-refractivity contribution in [2.45, 2.75) is 114 Å². The van der Waals surface area contributed by atoms with Gasteiger partial charge in [0, 0.05) is 30.7 Å². The number of nitrogens with zero attached hydrogens (tertiary/aromatic N) is 4. The van der Waals surface area contributed by atoms with Gasteiger partial charge in [-0.25, -0.2) is 9.78 Å². The van der Waals surface area contributed by atoms with Crippen LogP contribution in [0.5, 0.6) is 0 Å². The third-order valence-electron chi connectivity index (χ3n) is 9.87. The predicted octanol–water partition coefficient (Wildman–Crippen LogP) is 4.25. The van der Waals surface area contributed by atoms with E-state index in [1.54, 1.807) is 4.90 Å². The second-order valence-corrected chi connectivity index (χ2v) is 12.2. The van der Waals surface area contributed by atoms with Gasteiger partial charge in [0.2, 0.25) is 5.91 Å². The Balaban J connectivity index is 1.23. The van der Waals surface area contributed by atoms with E-state index in [2.05, 4.69) is 15.2 Å². The number of methoxy groups -OCH3 is 1. The monoisotopic (exact) mass is 549 g/mol. The Labute approximate surface area is 236 Å². The van der Waals surface area contributed by atoms with E-state index in [1.165, 1.54) is 64.9 Å². The van der Waals surface area contributed by atoms with Crippen molar-refractivity contribution in [2.75, 3.05) is 25.5 Å². The van der Waals surface area contributed by atoms with Crippen molar-refractivity contribution in [1.82, 2.24) is 19.4 Å². The third-order valence-corrected chi connectivity index (χ3v) is 9.87. The molecule has 4 heterocycles. The molecule has 2 bridgehead atoms. The van der Waals surface area contributed by atoms with Crippen LogP contribution in [0.4, 0.5) is 5.82 Å². The number of anilines is 1. The van der Waals surface area contributed by atoms with Gasteiger partial charge in [0.25, 0.3) is 5.56 Å². The maximum atomic E-state index is 14.0. The van der Waals surface area contributed by atoms with E-state index >= 15 is 0 Å². The molecule has 1 unspecified atom stereocenters. The molecule has 1 aliphatic carbocycles. The molecule has 0 radical (unpaired) electrons. The predicted molar refractivity (Wildman–Crippen MR) is 154 cm³/mol. The molecule has 1 N–H and O–H groups in total. The molecule has 1 aromatic carbocycles. The average Bonchev–Trinajstić information content (AvgIpc) is 3.53.